The largest absolute Gasteiger partial charge is 0.455 e. The highest BCUT2D eigenvalue weighted by atomic mass is 16.3. The van der Waals surface area contributed by atoms with Gasteiger partial charge in [-0.05, 0) is 115 Å². The van der Waals surface area contributed by atoms with Crippen molar-refractivity contribution in [1.82, 2.24) is 0 Å². The predicted molar refractivity (Wildman–Crippen MR) is 288 cm³/mol. The lowest BCUT2D eigenvalue weighted by Gasteiger charge is -2.36. The number of para-hydroxylation sites is 2. The van der Waals surface area contributed by atoms with Gasteiger partial charge in [-0.15, -0.1) is 0 Å². The van der Waals surface area contributed by atoms with Crippen LogP contribution in [0.5, 0.6) is 0 Å². The van der Waals surface area contributed by atoms with Crippen LogP contribution in [0.1, 0.15) is 44.5 Å². The Morgan fingerprint density at radius 3 is 1.20 bits per heavy atom. The smallest absolute Gasteiger partial charge is 0.143 e. The summed E-state index contributed by atoms with van der Waals surface area (Å²) >= 11 is 0. The minimum atomic E-state index is -0.565. The molecule has 2 aliphatic rings. The Hall–Kier alpha value is -8.98. The summed E-state index contributed by atoms with van der Waals surface area (Å²) in [4.78, 5) is 2.48. The van der Waals surface area contributed by atoms with Crippen LogP contribution in [0.3, 0.4) is 0 Å². The quantitative estimate of drug-likeness (QED) is 0.151. The highest BCUT2D eigenvalue weighted by Crippen LogP contribution is 2.59. The average Bonchev–Trinajstić information content (AvgIpc) is 4.07. The average molecular weight is 892 g/mol. The van der Waals surface area contributed by atoms with E-state index in [1.54, 1.807) is 0 Å². The van der Waals surface area contributed by atoms with Crippen molar-refractivity contribution >= 4 is 39.0 Å². The van der Waals surface area contributed by atoms with Gasteiger partial charge in [-0.25, -0.2) is 0 Å². The second-order valence-electron chi connectivity index (χ2n) is 18.7. The van der Waals surface area contributed by atoms with E-state index in [9.17, 15) is 0 Å². The zero-order valence-electron chi connectivity index (χ0n) is 38.3. The summed E-state index contributed by atoms with van der Waals surface area (Å²) < 4.78 is 6.67. The van der Waals surface area contributed by atoms with E-state index in [0.717, 1.165) is 50.1 Å². The van der Waals surface area contributed by atoms with E-state index in [1.807, 2.05) is 6.07 Å². The molecule has 0 unspecified atom stereocenters. The lowest BCUT2D eigenvalue weighted by atomic mass is 9.67. The molecule has 0 bridgehead atoms. The Bertz CT molecular complexity index is 3690. The van der Waals surface area contributed by atoms with Gasteiger partial charge >= 0.3 is 0 Å². The van der Waals surface area contributed by atoms with Gasteiger partial charge in [0.2, 0.25) is 0 Å². The third-order valence-electron chi connectivity index (χ3n) is 15.2. The fraction of sp³-hybridized carbons (Fsp3) is 0.0294. The molecule has 2 nitrogen and oxygen atoms in total. The van der Waals surface area contributed by atoms with Crippen LogP contribution >= 0.6 is 0 Å². The van der Waals surface area contributed by atoms with Crippen LogP contribution in [0, 0.1) is 0 Å². The summed E-state index contributed by atoms with van der Waals surface area (Å²) in [5, 5.41) is 2.24. The molecule has 0 fully saturated rings. The molecule has 2 heteroatoms. The van der Waals surface area contributed by atoms with Crippen LogP contribution < -0.4 is 4.90 Å². The molecule has 0 saturated carbocycles. The van der Waals surface area contributed by atoms with Crippen LogP contribution in [0.2, 0.25) is 0 Å². The minimum Gasteiger partial charge on any atom is -0.455 e. The number of fused-ring (bicyclic) bond motifs is 9. The predicted octanol–water partition coefficient (Wildman–Crippen LogP) is 17.4. The molecule has 0 atom stereocenters. The third-order valence-corrected chi connectivity index (χ3v) is 15.2. The molecule has 328 valence electrons. The molecule has 0 saturated heterocycles. The summed E-state index contributed by atoms with van der Waals surface area (Å²) in [5.74, 6) is 0. The molecule has 0 aliphatic heterocycles. The summed E-state index contributed by atoms with van der Waals surface area (Å²) in [6.45, 7) is 0. The highest BCUT2D eigenvalue weighted by Gasteiger charge is 2.48. The molecule has 2 aliphatic carbocycles. The van der Waals surface area contributed by atoms with Crippen molar-refractivity contribution in [3.05, 3.63) is 317 Å². The van der Waals surface area contributed by atoms with Crippen molar-refractivity contribution in [1.29, 1.82) is 0 Å². The topological polar surface area (TPSA) is 16.4 Å². The lowest BCUT2D eigenvalue weighted by molar-refractivity contribution is 0.670. The molecule has 0 amide bonds. The number of benzene rings is 11. The van der Waals surface area contributed by atoms with Gasteiger partial charge in [-0.1, -0.05) is 231 Å². The highest BCUT2D eigenvalue weighted by molar-refractivity contribution is 6.09. The van der Waals surface area contributed by atoms with Crippen LogP contribution in [0.15, 0.2) is 277 Å². The van der Waals surface area contributed by atoms with Crippen molar-refractivity contribution in [2.75, 3.05) is 4.90 Å². The van der Waals surface area contributed by atoms with Crippen molar-refractivity contribution < 1.29 is 4.42 Å². The Morgan fingerprint density at radius 1 is 0.271 bits per heavy atom. The number of anilines is 3. The maximum absolute atomic E-state index is 6.67. The van der Waals surface area contributed by atoms with Gasteiger partial charge in [-0.2, -0.15) is 0 Å². The second-order valence-corrected chi connectivity index (χ2v) is 18.7. The zero-order valence-corrected chi connectivity index (χ0v) is 38.3. The monoisotopic (exact) mass is 891 g/mol. The number of hydrogen-bond donors (Lipinski definition) is 0. The van der Waals surface area contributed by atoms with Crippen molar-refractivity contribution in [2.24, 2.45) is 0 Å². The molecule has 1 heterocycles. The maximum Gasteiger partial charge on any atom is 0.143 e. The first-order valence-corrected chi connectivity index (χ1v) is 24.2. The van der Waals surface area contributed by atoms with E-state index in [2.05, 4.69) is 272 Å². The van der Waals surface area contributed by atoms with E-state index in [4.69, 9.17) is 4.42 Å². The standard InChI is InChI=1S/C68H45NO/c1-5-22-47(23-6-1)67(48-24-7-2-8-25-48)61-36-16-13-31-55(61)57-41-39-52(44-63(57)67)69(51-30-19-21-46(43-51)54-34-20-35-60-59-33-15-18-38-65(59)70-66(54)60)53-40-42-58-56-32-14-17-37-62(56)68(64(58)45-53,49-26-9-3-10-27-49)50-28-11-4-12-29-50/h1-45H. The number of furan rings is 1. The molecule has 0 spiro atoms. The minimum absolute atomic E-state index is 0.565. The lowest BCUT2D eigenvalue weighted by Crippen LogP contribution is -2.29. The van der Waals surface area contributed by atoms with Gasteiger partial charge in [0, 0.05) is 33.4 Å². The first-order chi connectivity index (χ1) is 34.7. The van der Waals surface area contributed by atoms with Crippen LogP contribution in [-0.4, -0.2) is 0 Å². The molecule has 0 N–H and O–H groups in total. The molecule has 11 aromatic carbocycles. The van der Waals surface area contributed by atoms with E-state index < -0.39 is 10.8 Å². The molecule has 14 rings (SSSR count). The normalized spacial score (nSPS) is 13.7. The van der Waals surface area contributed by atoms with Crippen LogP contribution in [0.25, 0.3) is 55.3 Å². The Morgan fingerprint density at radius 2 is 0.671 bits per heavy atom. The first-order valence-electron chi connectivity index (χ1n) is 24.2. The Kier molecular flexibility index (Phi) is 9.06. The van der Waals surface area contributed by atoms with Gasteiger partial charge in [0.15, 0.2) is 0 Å². The van der Waals surface area contributed by atoms with E-state index in [1.165, 1.54) is 66.8 Å². The Labute approximate surface area is 408 Å². The van der Waals surface area contributed by atoms with E-state index in [-0.39, 0.29) is 0 Å². The van der Waals surface area contributed by atoms with Gasteiger partial charge in [0.1, 0.15) is 11.2 Å². The van der Waals surface area contributed by atoms with Gasteiger partial charge in [-0.3, -0.25) is 0 Å². The number of hydrogen-bond acceptors (Lipinski definition) is 2. The Balaban J connectivity index is 1.05. The van der Waals surface area contributed by atoms with Crippen LogP contribution in [-0.2, 0) is 10.8 Å². The zero-order chi connectivity index (χ0) is 46.2. The maximum atomic E-state index is 6.67. The van der Waals surface area contributed by atoms with Crippen molar-refractivity contribution in [3.63, 3.8) is 0 Å². The van der Waals surface area contributed by atoms with Crippen molar-refractivity contribution in [3.8, 4) is 33.4 Å². The first kappa shape index (κ1) is 40.1. The second kappa shape index (κ2) is 15.8. The summed E-state index contributed by atoms with van der Waals surface area (Å²) in [5.41, 5.74) is 21.0. The number of rotatable bonds is 8. The third kappa shape index (κ3) is 5.74. The molecule has 0 radical (unpaired) electrons. The summed E-state index contributed by atoms with van der Waals surface area (Å²) in [6.07, 6.45) is 0. The van der Waals surface area contributed by atoms with Crippen molar-refractivity contribution in [2.45, 2.75) is 10.8 Å². The molecular formula is C68H45NO. The van der Waals surface area contributed by atoms with Crippen LogP contribution in [0.4, 0.5) is 17.1 Å². The summed E-state index contributed by atoms with van der Waals surface area (Å²) in [7, 11) is 0. The molecule has 1 aromatic heterocycles. The van der Waals surface area contributed by atoms with E-state index >= 15 is 0 Å². The van der Waals surface area contributed by atoms with Gasteiger partial charge in [0.25, 0.3) is 0 Å². The van der Waals surface area contributed by atoms with Gasteiger partial charge < -0.3 is 9.32 Å². The number of nitrogens with zero attached hydrogens (tertiary/aromatic N) is 1. The summed E-state index contributed by atoms with van der Waals surface area (Å²) in [6, 6.07) is 101. The molecule has 70 heavy (non-hydrogen) atoms. The molecule has 12 aromatic rings. The SMILES string of the molecule is c1ccc(C2(c3ccccc3)c3ccccc3-c3ccc(N(c4cccc(-c5cccc6c5oc5ccccc56)c4)c4ccc5c(c4)C(c4ccccc4)(c4ccccc4)c4ccccc4-5)cc32)cc1. The van der Waals surface area contributed by atoms with E-state index in [0.29, 0.717) is 0 Å². The fourth-order valence-corrected chi connectivity index (χ4v) is 12.4. The van der Waals surface area contributed by atoms with Gasteiger partial charge in [0.05, 0.1) is 10.8 Å². The molecular weight excluding hydrogens is 847 g/mol. The fourth-order valence-electron chi connectivity index (χ4n) is 12.4.